The molecule has 0 N–H and O–H groups in total. The van der Waals surface area contributed by atoms with Gasteiger partial charge in [-0.1, -0.05) is 35.7 Å². The molecule has 0 aromatic heterocycles. The van der Waals surface area contributed by atoms with Crippen LogP contribution in [0, 0.1) is 19.3 Å². The van der Waals surface area contributed by atoms with Gasteiger partial charge in [0.25, 0.3) is 0 Å². The van der Waals surface area contributed by atoms with Crippen molar-refractivity contribution in [2.45, 2.75) is 6.92 Å². The van der Waals surface area contributed by atoms with Gasteiger partial charge in [-0.15, -0.1) is 6.42 Å². The van der Waals surface area contributed by atoms with Crippen LogP contribution in [0.3, 0.4) is 0 Å². The molecule has 0 aliphatic heterocycles. The molecule has 0 fully saturated rings. The molecule has 0 radical (unpaired) electrons. The summed E-state index contributed by atoms with van der Waals surface area (Å²) in [6.07, 6.45) is 5.42. The second-order valence-electron chi connectivity index (χ2n) is 3.93. The molecule has 2 aromatic carbocycles. The van der Waals surface area contributed by atoms with Crippen molar-refractivity contribution in [3.05, 3.63) is 53.6 Å². The molecule has 84 valence electrons. The second kappa shape index (κ2) is 4.76. The maximum absolute atomic E-state index is 5.42. The predicted octanol–water partition coefficient (Wildman–Crippen LogP) is 3.65. The lowest BCUT2D eigenvalue weighted by molar-refractivity contribution is 0.416. The Kier molecular flexibility index (Phi) is 3.16. The van der Waals surface area contributed by atoms with Crippen LogP contribution in [0.25, 0.3) is 11.1 Å². The molecule has 17 heavy (non-hydrogen) atoms. The van der Waals surface area contributed by atoms with Gasteiger partial charge in [-0.05, 0) is 30.7 Å². The van der Waals surface area contributed by atoms with Crippen LogP contribution in [0.5, 0.6) is 5.75 Å². The van der Waals surface area contributed by atoms with E-state index in [1.54, 1.807) is 7.11 Å². The molecule has 1 heteroatoms. The highest BCUT2D eigenvalue weighted by atomic mass is 16.5. The Hall–Kier alpha value is -2.20. The largest absolute Gasteiger partial charge is 0.496 e. The Morgan fingerprint density at radius 2 is 1.76 bits per heavy atom. The molecular formula is C16H14O. The van der Waals surface area contributed by atoms with E-state index < -0.39 is 0 Å². The first-order valence-electron chi connectivity index (χ1n) is 5.46. The van der Waals surface area contributed by atoms with E-state index >= 15 is 0 Å². The van der Waals surface area contributed by atoms with Crippen LogP contribution < -0.4 is 4.74 Å². The van der Waals surface area contributed by atoms with Crippen LogP contribution in [0.4, 0.5) is 0 Å². The number of rotatable bonds is 2. The van der Waals surface area contributed by atoms with Crippen molar-refractivity contribution in [1.82, 2.24) is 0 Å². The van der Waals surface area contributed by atoms with Gasteiger partial charge in [0.05, 0.1) is 7.11 Å². The lowest BCUT2D eigenvalue weighted by Crippen LogP contribution is -1.89. The molecule has 2 rings (SSSR count). The molecule has 0 unspecified atom stereocenters. The summed E-state index contributed by atoms with van der Waals surface area (Å²) in [6.45, 7) is 2.07. The molecule has 0 heterocycles. The van der Waals surface area contributed by atoms with E-state index in [1.807, 2.05) is 18.2 Å². The van der Waals surface area contributed by atoms with E-state index in [1.165, 1.54) is 5.56 Å². The summed E-state index contributed by atoms with van der Waals surface area (Å²) in [5.41, 5.74) is 4.25. The molecular weight excluding hydrogens is 208 g/mol. The first kappa shape index (κ1) is 11.3. The third kappa shape index (κ3) is 2.32. The average Bonchev–Trinajstić information content (AvgIpc) is 2.39. The summed E-state index contributed by atoms with van der Waals surface area (Å²) in [7, 11) is 1.67. The van der Waals surface area contributed by atoms with Crippen LogP contribution in [-0.4, -0.2) is 7.11 Å². The highest BCUT2D eigenvalue weighted by molar-refractivity contribution is 5.72. The molecule has 2 aromatic rings. The first-order chi connectivity index (χ1) is 8.24. The van der Waals surface area contributed by atoms with E-state index in [2.05, 4.69) is 37.1 Å². The quantitative estimate of drug-likeness (QED) is 0.705. The minimum absolute atomic E-state index is 0.841. The average molecular weight is 222 g/mol. The maximum atomic E-state index is 5.42. The molecule has 0 bridgehead atoms. The zero-order chi connectivity index (χ0) is 12.3. The number of methoxy groups -OCH3 is 1. The first-order valence-corrected chi connectivity index (χ1v) is 5.46. The van der Waals surface area contributed by atoms with Crippen LogP contribution >= 0.6 is 0 Å². The van der Waals surface area contributed by atoms with Crippen LogP contribution in [-0.2, 0) is 0 Å². The minimum Gasteiger partial charge on any atom is -0.496 e. The Balaban J connectivity index is 2.56. The standard InChI is InChI=1S/C16H14O/c1-4-13-7-10-16(17-3)15(11-13)14-8-5-12(2)6-9-14/h1,5-11H,2-3H3. The second-order valence-corrected chi connectivity index (χ2v) is 3.93. The predicted molar refractivity (Wildman–Crippen MR) is 71.1 cm³/mol. The monoisotopic (exact) mass is 222 g/mol. The Labute approximate surface area is 102 Å². The van der Waals surface area contributed by atoms with Gasteiger partial charge in [-0.3, -0.25) is 0 Å². The van der Waals surface area contributed by atoms with Crippen molar-refractivity contribution in [3.63, 3.8) is 0 Å². The van der Waals surface area contributed by atoms with Gasteiger partial charge in [0.15, 0.2) is 0 Å². The SMILES string of the molecule is C#Cc1ccc(OC)c(-c2ccc(C)cc2)c1. The van der Waals surface area contributed by atoms with Gasteiger partial charge >= 0.3 is 0 Å². The van der Waals surface area contributed by atoms with Crippen LogP contribution in [0.1, 0.15) is 11.1 Å². The number of aryl methyl sites for hydroxylation is 1. The van der Waals surface area contributed by atoms with Crippen molar-refractivity contribution in [1.29, 1.82) is 0 Å². The Bertz CT molecular complexity index is 559. The minimum atomic E-state index is 0.841. The summed E-state index contributed by atoms with van der Waals surface area (Å²) in [6, 6.07) is 14.1. The fourth-order valence-electron chi connectivity index (χ4n) is 1.76. The van der Waals surface area contributed by atoms with Crippen molar-refractivity contribution in [3.8, 4) is 29.2 Å². The fraction of sp³-hybridized carbons (Fsp3) is 0.125. The smallest absolute Gasteiger partial charge is 0.126 e. The highest BCUT2D eigenvalue weighted by Gasteiger charge is 2.06. The molecule has 0 aliphatic carbocycles. The molecule has 0 amide bonds. The Morgan fingerprint density at radius 1 is 1.06 bits per heavy atom. The number of terminal acetylenes is 1. The lowest BCUT2D eigenvalue weighted by atomic mass is 10.0. The number of hydrogen-bond acceptors (Lipinski definition) is 1. The van der Waals surface area contributed by atoms with Gasteiger partial charge in [0.2, 0.25) is 0 Å². The van der Waals surface area contributed by atoms with Gasteiger partial charge < -0.3 is 4.74 Å². The number of hydrogen-bond donors (Lipinski definition) is 0. The van der Waals surface area contributed by atoms with Crippen molar-refractivity contribution in [2.75, 3.05) is 7.11 Å². The highest BCUT2D eigenvalue weighted by Crippen LogP contribution is 2.30. The Morgan fingerprint density at radius 3 is 2.35 bits per heavy atom. The van der Waals surface area contributed by atoms with Gasteiger partial charge in [0, 0.05) is 11.1 Å². The zero-order valence-corrected chi connectivity index (χ0v) is 10.0. The fourth-order valence-corrected chi connectivity index (χ4v) is 1.76. The lowest BCUT2D eigenvalue weighted by Gasteiger charge is -2.09. The summed E-state index contributed by atoms with van der Waals surface area (Å²) in [5.74, 6) is 3.48. The molecule has 0 saturated carbocycles. The molecule has 0 atom stereocenters. The van der Waals surface area contributed by atoms with E-state index in [-0.39, 0.29) is 0 Å². The number of ether oxygens (including phenoxy) is 1. The molecule has 0 aliphatic rings. The van der Waals surface area contributed by atoms with Crippen molar-refractivity contribution in [2.24, 2.45) is 0 Å². The molecule has 0 spiro atoms. The third-order valence-electron chi connectivity index (χ3n) is 2.73. The summed E-state index contributed by atoms with van der Waals surface area (Å²) < 4.78 is 5.36. The summed E-state index contributed by atoms with van der Waals surface area (Å²) in [5, 5.41) is 0. The summed E-state index contributed by atoms with van der Waals surface area (Å²) >= 11 is 0. The molecule has 1 nitrogen and oxygen atoms in total. The van der Waals surface area contributed by atoms with Gasteiger partial charge in [-0.2, -0.15) is 0 Å². The van der Waals surface area contributed by atoms with E-state index in [0.29, 0.717) is 0 Å². The van der Waals surface area contributed by atoms with Crippen LogP contribution in [0.2, 0.25) is 0 Å². The van der Waals surface area contributed by atoms with Crippen molar-refractivity contribution >= 4 is 0 Å². The third-order valence-corrected chi connectivity index (χ3v) is 2.73. The van der Waals surface area contributed by atoms with E-state index in [4.69, 9.17) is 11.2 Å². The van der Waals surface area contributed by atoms with Gasteiger partial charge in [0.1, 0.15) is 5.75 Å². The van der Waals surface area contributed by atoms with Crippen molar-refractivity contribution < 1.29 is 4.74 Å². The zero-order valence-electron chi connectivity index (χ0n) is 10.0. The number of benzene rings is 2. The van der Waals surface area contributed by atoms with Gasteiger partial charge in [-0.25, -0.2) is 0 Å². The summed E-state index contributed by atoms with van der Waals surface area (Å²) in [4.78, 5) is 0. The van der Waals surface area contributed by atoms with Crippen LogP contribution in [0.15, 0.2) is 42.5 Å². The topological polar surface area (TPSA) is 9.23 Å². The normalized spacial score (nSPS) is 9.71. The maximum Gasteiger partial charge on any atom is 0.126 e. The molecule has 0 saturated heterocycles. The van der Waals surface area contributed by atoms with E-state index in [0.717, 1.165) is 22.4 Å². The van der Waals surface area contributed by atoms with E-state index in [9.17, 15) is 0 Å².